The Morgan fingerprint density at radius 1 is 1.33 bits per heavy atom. The maximum atomic E-state index is 4.39. The number of hydrogen-bond acceptors (Lipinski definition) is 1. The second-order valence-corrected chi connectivity index (χ2v) is 3.17. The molecule has 1 radical (unpaired) electrons. The van der Waals surface area contributed by atoms with Crippen molar-refractivity contribution in [3.63, 3.8) is 0 Å². The van der Waals surface area contributed by atoms with Crippen LogP contribution in [0.15, 0.2) is 0 Å². The van der Waals surface area contributed by atoms with Crippen molar-refractivity contribution in [1.82, 2.24) is 10.6 Å². The second kappa shape index (κ2) is 1.96. The summed E-state index contributed by atoms with van der Waals surface area (Å²) in [4.78, 5) is 0. The molecule has 0 amide bonds. The van der Waals surface area contributed by atoms with E-state index in [9.17, 15) is 0 Å². The van der Waals surface area contributed by atoms with E-state index in [-0.39, 0.29) is 0 Å². The van der Waals surface area contributed by atoms with Crippen LogP contribution in [0.5, 0.6) is 0 Å². The van der Waals surface area contributed by atoms with E-state index in [4.69, 9.17) is 0 Å². The van der Waals surface area contributed by atoms with E-state index < -0.39 is 0 Å². The minimum atomic E-state index is 0.484. The summed E-state index contributed by atoms with van der Waals surface area (Å²) >= 11 is 0. The van der Waals surface area contributed by atoms with Crippen molar-refractivity contribution < 1.29 is 0 Å². The molecule has 2 heterocycles. The fourth-order valence-corrected chi connectivity index (χ4v) is 1.73. The summed E-state index contributed by atoms with van der Waals surface area (Å²) in [5, 5.41) is 7.86. The number of nitrogens with zero attached hydrogens (tertiary/aromatic N) is 1. The third-order valence-electron chi connectivity index (χ3n) is 2.49. The van der Waals surface area contributed by atoms with Gasteiger partial charge in [0.05, 0.1) is 0 Å². The zero-order valence-electron chi connectivity index (χ0n) is 5.69. The molecule has 0 saturated carbocycles. The summed E-state index contributed by atoms with van der Waals surface area (Å²) in [6, 6.07) is 0. The van der Waals surface area contributed by atoms with Crippen LogP contribution in [-0.4, -0.2) is 25.2 Å². The van der Waals surface area contributed by atoms with Gasteiger partial charge >= 0.3 is 0 Å². The quantitative estimate of drug-likeness (QED) is 0.489. The van der Waals surface area contributed by atoms with Gasteiger partial charge in [0.2, 0.25) is 0 Å². The van der Waals surface area contributed by atoms with E-state index in [1.54, 1.807) is 0 Å². The molecule has 0 aromatic rings. The van der Waals surface area contributed by atoms with E-state index in [0.717, 1.165) is 13.1 Å². The Morgan fingerprint density at radius 2 is 2.22 bits per heavy atom. The molecule has 2 nitrogen and oxygen atoms in total. The van der Waals surface area contributed by atoms with Crippen molar-refractivity contribution in [1.29, 1.82) is 0 Å². The van der Waals surface area contributed by atoms with Gasteiger partial charge in [0.25, 0.3) is 0 Å². The lowest BCUT2D eigenvalue weighted by Crippen LogP contribution is -2.62. The van der Waals surface area contributed by atoms with Crippen LogP contribution < -0.4 is 10.6 Å². The molecule has 1 N–H and O–H groups in total. The topological polar surface area (TPSA) is 26.1 Å². The highest BCUT2D eigenvalue weighted by Gasteiger charge is 2.37. The fraction of sp³-hybridized carbons (Fsp3) is 1.00. The molecule has 0 aromatic heterocycles. The SMILES string of the molecule is C1C[N]CC2(C1)CCN2. The van der Waals surface area contributed by atoms with Crippen molar-refractivity contribution in [3.05, 3.63) is 0 Å². The maximum Gasteiger partial charge on any atom is 0.0335 e. The Hall–Kier alpha value is -0.0800. The van der Waals surface area contributed by atoms with Crippen molar-refractivity contribution >= 4 is 0 Å². The number of nitrogens with one attached hydrogen (secondary N) is 1. The Labute approximate surface area is 56.0 Å². The lowest BCUT2D eigenvalue weighted by Gasteiger charge is -2.45. The minimum Gasteiger partial charge on any atom is -0.310 e. The van der Waals surface area contributed by atoms with Crippen LogP contribution in [0.4, 0.5) is 0 Å². The minimum absolute atomic E-state index is 0.484. The molecule has 51 valence electrons. The molecular weight excluding hydrogens is 112 g/mol. The van der Waals surface area contributed by atoms with Crippen LogP contribution >= 0.6 is 0 Å². The van der Waals surface area contributed by atoms with Crippen LogP contribution in [0.25, 0.3) is 0 Å². The van der Waals surface area contributed by atoms with Gasteiger partial charge in [-0.2, -0.15) is 0 Å². The normalized spacial score (nSPS) is 42.7. The summed E-state index contributed by atoms with van der Waals surface area (Å²) in [7, 11) is 0. The average molecular weight is 125 g/mol. The van der Waals surface area contributed by atoms with E-state index in [1.165, 1.54) is 25.8 Å². The molecule has 2 saturated heterocycles. The Bertz CT molecular complexity index is 99.5. The summed E-state index contributed by atoms with van der Waals surface area (Å²) in [6.45, 7) is 3.39. The molecule has 1 unspecified atom stereocenters. The molecule has 2 aliphatic heterocycles. The predicted octanol–water partition coefficient (Wildman–Crippen LogP) is 0.117. The van der Waals surface area contributed by atoms with E-state index in [2.05, 4.69) is 10.6 Å². The summed E-state index contributed by atoms with van der Waals surface area (Å²) < 4.78 is 0. The Kier molecular flexibility index (Phi) is 1.24. The van der Waals surface area contributed by atoms with Gasteiger partial charge in [0, 0.05) is 18.6 Å². The van der Waals surface area contributed by atoms with Crippen LogP contribution in [-0.2, 0) is 0 Å². The van der Waals surface area contributed by atoms with Crippen molar-refractivity contribution in [2.75, 3.05) is 19.6 Å². The van der Waals surface area contributed by atoms with Gasteiger partial charge in [-0.25, -0.2) is 5.32 Å². The van der Waals surface area contributed by atoms with Crippen LogP contribution in [0, 0.1) is 0 Å². The summed E-state index contributed by atoms with van der Waals surface area (Å²) in [5.41, 5.74) is 0.484. The Morgan fingerprint density at radius 3 is 2.56 bits per heavy atom. The highest BCUT2D eigenvalue weighted by atomic mass is 15.1. The molecule has 0 bridgehead atoms. The first kappa shape index (κ1) is 5.69. The molecule has 1 spiro atoms. The zero-order chi connectivity index (χ0) is 6.16. The number of hydrogen-bond donors (Lipinski definition) is 1. The van der Waals surface area contributed by atoms with Crippen molar-refractivity contribution in [2.45, 2.75) is 24.8 Å². The smallest absolute Gasteiger partial charge is 0.0335 e. The lowest BCUT2D eigenvalue weighted by atomic mass is 9.81. The van der Waals surface area contributed by atoms with E-state index in [0.29, 0.717) is 5.54 Å². The van der Waals surface area contributed by atoms with E-state index in [1.807, 2.05) is 0 Å². The molecule has 2 heteroatoms. The third-order valence-corrected chi connectivity index (χ3v) is 2.49. The highest BCUT2D eigenvalue weighted by Crippen LogP contribution is 2.26. The summed E-state index contributed by atoms with van der Waals surface area (Å²) in [6.07, 6.45) is 4.01. The first-order chi connectivity index (χ1) is 4.41. The monoisotopic (exact) mass is 125 g/mol. The van der Waals surface area contributed by atoms with Crippen LogP contribution in [0.2, 0.25) is 0 Å². The van der Waals surface area contributed by atoms with Crippen LogP contribution in [0.1, 0.15) is 19.3 Å². The molecular formula is C7H13N2. The molecule has 2 fully saturated rings. The van der Waals surface area contributed by atoms with Crippen molar-refractivity contribution in [3.8, 4) is 0 Å². The van der Waals surface area contributed by atoms with Crippen LogP contribution in [0.3, 0.4) is 0 Å². The fourth-order valence-electron chi connectivity index (χ4n) is 1.73. The zero-order valence-corrected chi connectivity index (χ0v) is 5.69. The Balaban J connectivity index is 1.93. The number of rotatable bonds is 0. The molecule has 2 rings (SSSR count). The third kappa shape index (κ3) is 0.864. The first-order valence-corrected chi connectivity index (χ1v) is 3.80. The van der Waals surface area contributed by atoms with Gasteiger partial charge in [-0.1, -0.05) is 0 Å². The largest absolute Gasteiger partial charge is 0.310 e. The van der Waals surface area contributed by atoms with Gasteiger partial charge in [0.15, 0.2) is 0 Å². The van der Waals surface area contributed by atoms with Gasteiger partial charge in [0.1, 0.15) is 0 Å². The predicted molar refractivity (Wildman–Crippen MR) is 36.5 cm³/mol. The van der Waals surface area contributed by atoms with Gasteiger partial charge in [-0.15, -0.1) is 0 Å². The van der Waals surface area contributed by atoms with Gasteiger partial charge < -0.3 is 5.32 Å². The molecule has 2 aliphatic rings. The highest BCUT2D eigenvalue weighted by molar-refractivity contribution is 4.99. The lowest BCUT2D eigenvalue weighted by molar-refractivity contribution is 0.157. The van der Waals surface area contributed by atoms with Gasteiger partial charge in [-0.3, -0.25) is 0 Å². The van der Waals surface area contributed by atoms with E-state index >= 15 is 0 Å². The molecule has 9 heavy (non-hydrogen) atoms. The average Bonchev–Trinajstić information content (AvgIpc) is 1.87. The standard InChI is InChI=1S/C7H13N2/c1-2-7(3-5-9-7)6-8-4-1/h9H,1-6H2. The molecule has 1 atom stereocenters. The second-order valence-electron chi connectivity index (χ2n) is 3.17. The molecule has 0 aliphatic carbocycles. The molecule has 0 aromatic carbocycles. The summed E-state index contributed by atoms with van der Waals surface area (Å²) in [5.74, 6) is 0. The van der Waals surface area contributed by atoms with Crippen molar-refractivity contribution in [2.24, 2.45) is 0 Å². The maximum absolute atomic E-state index is 4.39. The van der Waals surface area contributed by atoms with Gasteiger partial charge in [-0.05, 0) is 25.8 Å². The first-order valence-electron chi connectivity index (χ1n) is 3.80. The number of piperidine rings is 1.